The van der Waals surface area contributed by atoms with Gasteiger partial charge in [0.1, 0.15) is 0 Å². The number of hydrogen-bond acceptors (Lipinski definition) is 1. The molecule has 1 aromatic carbocycles. The molecule has 0 heterocycles. The van der Waals surface area contributed by atoms with E-state index >= 15 is 0 Å². The Labute approximate surface area is 60.6 Å². The van der Waals surface area contributed by atoms with Gasteiger partial charge >= 0.3 is 0 Å². The SMILES string of the molecule is [SiH3][SiH2]Nc1ccccc1. The summed E-state index contributed by atoms with van der Waals surface area (Å²) in [5, 5.41) is 0. The molecule has 0 aliphatic rings. The van der Waals surface area contributed by atoms with Crippen LogP contribution in [0.4, 0.5) is 5.69 Å². The first-order valence-electron chi connectivity index (χ1n) is 3.22. The van der Waals surface area contributed by atoms with Gasteiger partial charge in [-0.1, -0.05) is 18.2 Å². The van der Waals surface area contributed by atoms with Gasteiger partial charge in [-0.2, -0.15) is 0 Å². The van der Waals surface area contributed by atoms with Crippen molar-refractivity contribution in [1.29, 1.82) is 0 Å². The van der Waals surface area contributed by atoms with Crippen molar-refractivity contribution >= 4 is 24.6 Å². The molecular weight excluding hydrogens is 142 g/mol. The largest absolute Gasteiger partial charge is 0.419 e. The molecule has 48 valence electrons. The molecule has 0 bridgehead atoms. The maximum atomic E-state index is 3.41. The van der Waals surface area contributed by atoms with Gasteiger partial charge in [0.25, 0.3) is 0 Å². The summed E-state index contributed by atoms with van der Waals surface area (Å²) in [6.07, 6.45) is 0. The zero-order valence-electron chi connectivity index (χ0n) is 5.59. The Morgan fingerprint density at radius 1 is 1.22 bits per heavy atom. The number of para-hydroxylation sites is 1. The summed E-state index contributed by atoms with van der Waals surface area (Å²) in [6.45, 7) is 0. The minimum absolute atomic E-state index is 0.105. The van der Waals surface area contributed by atoms with Crippen molar-refractivity contribution in [3.05, 3.63) is 30.3 Å². The van der Waals surface area contributed by atoms with E-state index in [1.54, 1.807) is 0 Å². The smallest absolute Gasteiger partial charge is 0.0995 e. The van der Waals surface area contributed by atoms with E-state index in [1.165, 1.54) is 15.4 Å². The molecule has 9 heavy (non-hydrogen) atoms. The molecule has 0 aromatic heterocycles. The van der Waals surface area contributed by atoms with Crippen LogP contribution >= 0.6 is 0 Å². The molecule has 1 rings (SSSR count). The lowest BCUT2D eigenvalue weighted by atomic mass is 10.3. The van der Waals surface area contributed by atoms with E-state index in [0.717, 1.165) is 0 Å². The minimum atomic E-state index is 0.105. The third-order valence-corrected chi connectivity index (χ3v) is 2.98. The van der Waals surface area contributed by atoms with E-state index < -0.39 is 0 Å². The highest BCUT2D eigenvalue weighted by molar-refractivity contribution is 6.91. The predicted octanol–water partition coefficient (Wildman–Crippen LogP) is -0.537. The van der Waals surface area contributed by atoms with Gasteiger partial charge in [0, 0.05) is 15.4 Å². The van der Waals surface area contributed by atoms with E-state index in [9.17, 15) is 0 Å². The Bertz CT molecular complexity index is 164. The Morgan fingerprint density at radius 3 is 2.44 bits per heavy atom. The quantitative estimate of drug-likeness (QED) is 0.563. The second-order valence-electron chi connectivity index (χ2n) is 1.90. The molecule has 1 aromatic rings. The van der Waals surface area contributed by atoms with Crippen LogP contribution in [-0.2, 0) is 0 Å². The van der Waals surface area contributed by atoms with Gasteiger partial charge in [-0.3, -0.25) is 0 Å². The first-order valence-corrected chi connectivity index (χ1v) is 9.59. The van der Waals surface area contributed by atoms with E-state index in [1.807, 2.05) is 6.07 Å². The molecular formula is C6H11NSi2. The number of rotatable bonds is 2. The van der Waals surface area contributed by atoms with Gasteiger partial charge in [-0.05, 0) is 12.1 Å². The summed E-state index contributed by atoms with van der Waals surface area (Å²) in [5.41, 5.74) is 1.29. The number of nitrogens with one attached hydrogen (secondary N) is 1. The second kappa shape index (κ2) is 3.47. The molecule has 0 unspecified atom stereocenters. The van der Waals surface area contributed by atoms with Crippen molar-refractivity contribution in [2.75, 3.05) is 4.98 Å². The average molecular weight is 153 g/mol. The third kappa shape index (κ3) is 2.03. The number of benzene rings is 1. The fraction of sp³-hybridized carbons (Fsp3) is 0. The fourth-order valence-corrected chi connectivity index (χ4v) is 2.63. The molecule has 0 radical (unpaired) electrons. The normalized spacial score (nSPS) is 10.7. The highest BCUT2D eigenvalue weighted by Gasteiger charge is 1.81. The van der Waals surface area contributed by atoms with Crippen molar-refractivity contribution in [2.24, 2.45) is 0 Å². The maximum absolute atomic E-state index is 3.41. The van der Waals surface area contributed by atoms with Crippen molar-refractivity contribution in [3.8, 4) is 0 Å². The van der Waals surface area contributed by atoms with E-state index in [0.29, 0.717) is 0 Å². The second-order valence-corrected chi connectivity index (χ2v) is 5.08. The van der Waals surface area contributed by atoms with Crippen LogP contribution < -0.4 is 4.98 Å². The molecule has 1 nitrogen and oxygen atoms in total. The highest BCUT2D eigenvalue weighted by Crippen LogP contribution is 2.01. The summed E-state index contributed by atoms with van der Waals surface area (Å²) in [6, 6.07) is 10.4. The first kappa shape index (κ1) is 6.57. The lowest BCUT2D eigenvalue weighted by molar-refractivity contribution is 1.68. The lowest BCUT2D eigenvalue weighted by Crippen LogP contribution is -2.04. The van der Waals surface area contributed by atoms with Crippen LogP contribution in [0, 0.1) is 0 Å². The third-order valence-electron chi connectivity index (χ3n) is 1.15. The van der Waals surface area contributed by atoms with Crippen LogP contribution in [0.15, 0.2) is 30.3 Å². The summed E-state index contributed by atoms with van der Waals surface area (Å²) < 4.78 is 0. The summed E-state index contributed by atoms with van der Waals surface area (Å²) in [5.74, 6) is 0. The van der Waals surface area contributed by atoms with Crippen LogP contribution in [0.25, 0.3) is 0 Å². The van der Waals surface area contributed by atoms with Gasteiger partial charge in [0.2, 0.25) is 0 Å². The molecule has 1 N–H and O–H groups in total. The van der Waals surface area contributed by atoms with Gasteiger partial charge < -0.3 is 4.98 Å². The zero-order valence-corrected chi connectivity index (χ0v) is 9.01. The molecule has 3 heteroatoms. The summed E-state index contributed by atoms with van der Waals surface area (Å²) in [4.78, 5) is 3.41. The standard InChI is InChI=1S/C6H11NSi2/c8-9-7-6-4-2-1-3-5-6/h1-5,7H,9H2,8H3. The highest BCUT2D eigenvalue weighted by atomic mass is 29.1. The number of anilines is 1. The van der Waals surface area contributed by atoms with Crippen LogP contribution in [-0.4, -0.2) is 19.0 Å². The lowest BCUT2D eigenvalue weighted by Gasteiger charge is -1.99. The first-order chi connectivity index (χ1) is 4.43. The monoisotopic (exact) mass is 153 g/mol. The Balaban J connectivity index is 2.61. The van der Waals surface area contributed by atoms with Gasteiger partial charge in [-0.15, -0.1) is 0 Å². The van der Waals surface area contributed by atoms with Gasteiger partial charge in [0.15, 0.2) is 0 Å². The maximum Gasteiger partial charge on any atom is 0.0995 e. The molecule has 0 atom stereocenters. The Morgan fingerprint density at radius 2 is 1.89 bits per heavy atom. The van der Waals surface area contributed by atoms with Crippen LogP contribution in [0.5, 0.6) is 0 Å². The fourth-order valence-electron chi connectivity index (χ4n) is 0.760. The van der Waals surface area contributed by atoms with Crippen molar-refractivity contribution in [2.45, 2.75) is 0 Å². The van der Waals surface area contributed by atoms with Gasteiger partial charge in [0.05, 0.1) is 9.20 Å². The van der Waals surface area contributed by atoms with Crippen molar-refractivity contribution in [3.63, 3.8) is 0 Å². The molecule has 0 fully saturated rings. The van der Waals surface area contributed by atoms with Crippen LogP contribution in [0.3, 0.4) is 0 Å². The summed E-state index contributed by atoms with van der Waals surface area (Å²) >= 11 is 0. The molecule has 0 spiro atoms. The molecule has 0 saturated carbocycles. The molecule has 0 amide bonds. The topological polar surface area (TPSA) is 12.0 Å². The van der Waals surface area contributed by atoms with E-state index in [4.69, 9.17) is 0 Å². The van der Waals surface area contributed by atoms with E-state index in [-0.39, 0.29) is 9.20 Å². The van der Waals surface area contributed by atoms with Crippen molar-refractivity contribution < 1.29 is 0 Å². The molecule has 0 aliphatic carbocycles. The zero-order chi connectivity index (χ0) is 6.53. The molecule has 0 aliphatic heterocycles. The Kier molecular flexibility index (Phi) is 2.54. The Hall–Kier alpha value is -0.546. The van der Waals surface area contributed by atoms with E-state index in [2.05, 4.69) is 29.2 Å². The van der Waals surface area contributed by atoms with Gasteiger partial charge in [-0.25, -0.2) is 0 Å². The molecule has 0 saturated heterocycles. The average Bonchev–Trinajstić information content (AvgIpc) is 1.91. The van der Waals surface area contributed by atoms with Crippen molar-refractivity contribution in [1.82, 2.24) is 0 Å². The van der Waals surface area contributed by atoms with Crippen LogP contribution in [0.1, 0.15) is 0 Å². The minimum Gasteiger partial charge on any atom is -0.419 e. The number of hydrogen-bond donors (Lipinski definition) is 1. The summed E-state index contributed by atoms with van der Waals surface area (Å²) in [7, 11) is 1.46. The predicted molar refractivity (Wildman–Crippen MR) is 48.5 cm³/mol. The van der Waals surface area contributed by atoms with Crippen LogP contribution in [0.2, 0.25) is 0 Å².